The molecule has 5 nitrogen and oxygen atoms in total. The van der Waals surface area contributed by atoms with E-state index >= 15 is 0 Å². The highest BCUT2D eigenvalue weighted by molar-refractivity contribution is 7.99. The molecule has 0 amide bonds. The Kier molecular flexibility index (Phi) is 3.98. The number of carbonyl (C=O) groups is 1. The third kappa shape index (κ3) is 3.15. The summed E-state index contributed by atoms with van der Waals surface area (Å²) < 4.78 is 0. The fraction of sp³-hybridized carbons (Fsp3) is 0.857. The van der Waals surface area contributed by atoms with Crippen molar-refractivity contribution in [3.05, 3.63) is 0 Å². The summed E-state index contributed by atoms with van der Waals surface area (Å²) in [7, 11) is 1.95. The van der Waals surface area contributed by atoms with E-state index in [-0.39, 0.29) is 11.9 Å². The summed E-state index contributed by atoms with van der Waals surface area (Å²) in [6, 6.07) is 0. The zero-order valence-electron chi connectivity index (χ0n) is 7.86. The lowest BCUT2D eigenvalue weighted by molar-refractivity contribution is -0.137. The van der Waals surface area contributed by atoms with Gasteiger partial charge in [0.25, 0.3) is 0 Å². The summed E-state index contributed by atoms with van der Waals surface area (Å²) in [6.45, 7) is 1.37. The van der Waals surface area contributed by atoms with E-state index in [0.717, 1.165) is 6.67 Å². The Morgan fingerprint density at radius 2 is 2.46 bits per heavy atom. The van der Waals surface area contributed by atoms with Crippen molar-refractivity contribution in [1.82, 2.24) is 15.3 Å². The molecule has 6 heteroatoms. The molecule has 0 aliphatic carbocycles. The summed E-state index contributed by atoms with van der Waals surface area (Å²) in [5.74, 6) is -0.741. The van der Waals surface area contributed by atoms with E-state index in [1.54, 1.807) is 11.8 Å². The number of carboxylic acids is 1. The molecular weight excluding hydrogens is 190 g/mol. The van der Waals surface area contributed by atoms with Crippen molar-refractivity contribution in [2.75, 3.05) is 26.5 Å². The summed E-state index contributed by atoms with van der Waals surface area (Å²) >= 11 is 1.68. The maximum absolute atomic E-state index is 10.4. The molecule has 1 aliphatic rings. The van der Waals surface area contributed by atoms with Crippen LogP contribution >= 0.6 is 11.8 Å². The number of hydrazine groups is 1. The molecule has 0 radical (unpaired) electrons. The van der Waals surface area contributed by atoms with E-state index in [9.17, 15) is 4.79 Å². The molecule has 0 spiro atoms. The predicted molar refractivity (Wildman–Crippen MR) is 52.0 cm³/mol. The van der Waals surface area contributed by atoms with Gasteiger partial charge in [-0.1, -0.05) is 0 Å². The van der Waals surface area contributed by atoms with Crippen molar-refractivity contribution < 1.29 is 9.90 Å². The maximum Gasteiger partial charge on any atom is 0.304 e. The van der Waals surface area contributed by atoms with Gasteiger partial charge < -0.3 is 5.11 Å². The first-order chi connectivity index (χ1) is 6.13. The molecule has 1 aliphatic heterocycles. The van der Waals surface area contributed by atoms with Crippen molar-refractivity contribution in [2.24, 2.45) is 0 Å². The molecule has 0 aromatic carbocycles. The second-order valence-electron chi connectivity index (χ2n) is 3.01. The third-order valence-corrected chi connectivity index (χ3v) is 2.74. The standard InChI is InChI=1S/C7H15N3O2S/c1-9-5-10(4-3-6(11)12)7(8-9)13-2/h7-8H,3-5H2,1-2H3,(H,11,12). The highest BCUT2D eigenvalue weighted by atomic mass is 32.2. The Bertz CT molecular complexity index is 191. The molecule has 0 saturated carbocycles. The van der Waals surface area contributed by atoms with Gasteiger partial charge in [-0.3, -0.25) is 9.69 Å². The van der Waals surface area contributed by atoms with Gasteiger partial charge in [0, 0.05) is 13.6 Å². The Hall–Kier alpha value is -0.300. The van der Waals surface area contributed by atoms with Gasteiger partial charge in [0.2, 0.25) is 0 Å². The van der Waals surface area contributed by atoms with Crippen molar-refractivity contribution in [2.45, 2.75) is 11.9 Å². The molecule has 0 aromatic heterocycles. The Balaban J connectivity index is 2.35. The van der Waals surface area contributed by atoms with Crippen LogP contribution in [0.3, 0.4) is 0 Å². The minimum Gasteiger partial charge on any atom is -0.481 e. The van der Waals surface area contributed by atoms with Crippen LogP contribution in [0.5, 0.6) is 0 Å². The Labute approximate surface area is 82.0 Å². The average molecular weight is 205 g/mol. The number of nitrogens with one attached hydrogen (secondary N) is 1. The molecular formula is C7H15N3O2S. The van der Waals surface area contributed by atoms with Crippen molar-refractivity contribution in [3.8, 4) is 0 Å². The molecule has 0 aromatic rings. The van der Waals surface area contributed by atoms with Crippen molar-refractivity contribution in [3.63, 3.8) is 0 Å². The Morgan fingerprint density at radius 3 is 3.00 bits per heavy atom. The second kappa shape index (κ2) is 4.80. The smallest absolute Gasteiger partial charge is 0.304 e. The lowest BCUT2D eigenvalue weighted by Crippen LogP contribution is -2.34. The van der Waals surface area contributed by atoms with Gasteiger partial charge in [-0.15, -0.1) is 11.8 Å². The van der Waals surface area contributed by atoms with Crippen LogP contribution in [-0.2, 0) is 4.79 Å². The Morgan fingerprint density at radius 1 is 1.77 bits per heavy atom. The summed E-state index contributed by atoms with van der Waals surface area (Å²) in [5, 5.41) is 10.5. The van der Waals surface area contributed by atoms with E-state index in [0.29, 0.717) is 6.54 Å². The first-order valence-corrected chi connectivity index (χ1v) is 5.38. The number of aliphatic carboxylic acids is 1. The fourth-order valence-corrected chi connectivity index (χ4v) is 2.04. The van der Waals surface area contributed by atoms with Gasteiger partial charge >= 0.3 is 5.97 Å². The maximum atomic E-state index is 10.4. The van der Waals surface area contributed by atoms with Gasteiger partial charge in [-0.05, 0) is 6.26 Å². The van der Waals surface area contributed by atoms with E-state index < -0.39 is 5.97 Å². The zero-order valence-corrected chi connectivity index (χ0v) is 8.67. The minimum atomic E-state index is -0.741. The number of thioether (sulfide) groups is 1. The van der Waals surface area contributed by atoms with E-state index in [2.05, 4.69) is 10.3 Å². The number of hydrogen-bond donors (Lipinski definition) is 2. The van der Waals surface area contributed by atoms with Crippen LogP contribution in [0.4, 0.5) is 0 Å². The van der Waals surface area contributed by atoms with Crippen LogP contribution < -0.4 is 5.43 Å². The van der Waals surface area contributed by atoms with E-state index in [4.69, 9.17) is 5.11 Å². The number of rotatable bonds is 4. The lowest BCUT2D eigenvalue weighted by Gasteiger charge is -2.19. The van der Waals surface area contributed by atoms with Gasteiger partial charge in [0.15, 0.2) is 0 Å². The normalized spacial score (nSPS) is 25.2. The lowest BCUT2D eigenvalue weighted by atomic mass is 10.4. The molecule has 13 heavy (non-hydrogen) atoms. The third-order valence-electron chi connectivity index (χ3n) is 1.89. The van der Waals surface area contributed by atoms with E-state index in [1.807, 2.05) is 18.3 Å². The predicted octanol–water partition coefficient (Wildman–Crippen LogP) is -0.183. The molecule has 0 bridgehead atoms. The molecule has 2 N–H and O–H groups in total. The van der Waals surface area contributed by atoms with Gasteiger partial charge in [-0.25, -0.2) is 10.4 Å². The van der Waals surface area contributed by atoms with Gasteiger partial charge in [-0.2, -0.15) is 0 Å². The highest BCUT2D eigenvalue weighted by Gasteiger charge is 2.26. The molecule has 1 unspecified atom stereocenters. The quantitative estimate of drug-likeness (QED) is 0.664. The molecule has 76 valence electrons. The number of hydrogen-bond acceptors (Lipinski definition) is 5. The highest BCUT2D eigenvalue weighted by Crippen LogP contribution is 2.15. The minimum absolute atomic E-state index is 0.201. The summed E-state index contributed by atoms with van der Waals surface area (Å²) in [5.41, 5.74) is 3.42. The van der Waals surface area contributed by atoms with Gasteiger partial charge in [0.05, 0.1) is 13.1 Å². The van der Waals surface area contributed by atoms with Crippen LogP contribution in [0, 0.1) is 0 Å². The second-order valence-corrected chi connectivity index (χ2v) is 3.93. The van der Waals surface area contributed by atoms with Crippen LogP contribution in [0.1, 0.15) is 6.42 Å². The zero-order chi connectivity index (χ0) is 9.84. The number of nitrogens with zero attached hydrogens (tertiary/aromatic N) is 2. The molecule has 1 rings (SSSR count). The van der Waals surface area contributed by atoms with E-state index in [1.165, 1.54) is 0 Å². The van der Waals surface area contributed by atoms with Crippen LogP contribution in [0.15, 0.2) is 0 Å². The molecule has 1 saturated heterocycles. The first-order valence-electron chi connectivity index (χ1n) is 4.09. The molecule has 1 heterocycles. The average Bonchev–Trinajstić information content (AvgIpc) is 2.42. The number of carboxylic acid groups (broad SMARTS) is 1. The fourth-order valence-electron chi connectivity index (χ4n) is 1.29. The van der Waals surface area contributed by atoms with Crippen LogP contribution in [0.25, 0.3) is 0 Å². The topological polar surface area (TPSA) is 55.8 Å². The van der Waals surface area contributed by atoms with Crippen molar-refractivity contribution >= 4 is 17.7 Å². The van der Waals surface area contributed by atoms with Crippen molar-refractivity contribution in [1.29, 1.82) is 0 Å². The van der Waals surface area contributed by atoms with Crippen LogP contribution in [0.2, 0.25) is 0 Å². The summed E-state index contributed by atoms with van der Waals surface area (Å²) in [6.07, 6.45) is 2.21. The molecule has 1 atom stereocenters. The monoisotopic (exact) mass is 205 g/mol. The molecule has 1 fully saturated rings. The SMILES string of the molecule is CSC1NN(C)CN1CCC(=O)O. The van der Waals surface area contributed by atoms with Gasteiger partial charge in [0.1, 0.15) is 5.50 Å². The first kappa shape index (κ1) is 10.8. The summed E-state index contributed by atoms with van der Waals surface area (Å²) in [4.78, 5) is 12.5. The largest absolute Gasteiger partial charge is 0.481 e. The van der Waals surface area contributed by atoms with Crippen LogP contribution in [-0.4, -0.2) is 53.0 Å².